The highest BCUT2D eigenvalue weighted by Crippen LogP contribution is 2.53. The van der Waals surface area contributed by atoms with Gasteiger partial charge in [-0.15, -0.1) is 0 Å². The van der Waals surface area contributed by atoms with Crippen molar-refractivity contribution < 1.29 is 13.9 Å². The van der Waals surface area contributed by atoms with Gasteiger partial charge >= 0.3 is 0 Å². The smallest absolute Gasteiger partial charge is 0.168 e. The lowest BCUT2D eigenvalue weighted by molar-refractivity contribution is -0.0759. The molecule has 0 amide bonds. The highest BCUT2D eigenvalue weighted by atomic mass is 19.2. The van der Waals surface area contributed by atoms with Crippen LogP contribution < -0.4 is 0 Å². The van der Waals surface area contributed by atoms with Crippen molar-refractivity contribution >= 4 is 0 Å². The van der Waals surface area contributed by atoms with Crippen molar-refractivity contribution in [1.29, 1.82) is 0 Å². The summed E-state index contributed by atoms with van der Waals surface area (Å²) in [5.41, 5.74) is -3.81. The van der Waals surface area contributed by atoms with Gasteiger partial charge in [0, 0.05) is 6.20 Å². The van der Waals surface area contributed by atoms with Gasteiger partial charge in [-0.05, 0) is 25.0 Å². The molecule has 0 saturated heterocycles. The topological polar surface area (TPSA) is 33.1 Å². The zero-order chi connectivity index (χ0) is 10.2. The van der Waals surface area contributed by atoms with Gasteiger partial charge in [0.2, 0.25) is 0 Å². The van der Waals surface area contributed by atoms with E-state index < -0.39 is 17.9 Å². The number of rotatable bonds is 3. The fourth-order valence-electron chi connectivity index (χ4n) is 1.55. The molecule has 2 nitrogen and oxygen atoms in total. The molecule has 0 aliphatic heterocycles. The molecule has 1 aliphatic carbocycles. The maximum absolute atomic E-state index is 13.7. The largest absolute Gasteiger partial charge is 0.377 e. The van der Waals surface area contributed by atoms with Crippen LogP contribution >= 0.6 is 0 Å². The third-order valence-electron chi connectivity index (χ3n) is 2.71. The van der Waals surface area contributed by atoms with Gasteiger partial charge in [-0.25, -0.2) is 8.78 Å². The maximum atomic E-state index is 13.7. The predicted octanol–water partition coefficient (Wildman–Crippen LogP) is 1.74. The van der Waals surface area contributed by atoms with Gasteiger partial charge in [-0.2, -0.15) is 0 Å². The van der Waals surface area contributed by atoms with Crippen molar-refractivity contribution in [2.75, 3.05) is 6.67 Å². The van der Waals surface area contributed by atoms with E-state index in [9.17, 15) is 13.9 Å². The molecule has 1 aromatic heterocycles. The zero-order valence-electron chi connectivity index (χ0n) is 7.58. The van der Waals surface area contributed by atoms with E-state index in [2.05, 4.69) is 4.98 Å². The van der Waals surface area contributed by atoms with E-state index in [-0.39, 0.29) is 18.5 Å². The van der Waals surface area contributed by atoms with E-state index in [4.69, 9.17) is 0 Å². The summed E-state index contributed by atoms with van der Waals surface area (Å²) in [6.07, 6.45) is 1.82. The van der Waals surface area contributed by atoms with Crippen LogP contribution in [0.3, 0.4) is 0 Å². The summed E-state index contributed by atoms with van der Waals surface area (Å²) in [6, 6.07) is 4.69. The fraction of sp³-hybridized carbons (Fsp3) is 0.500. The van der Waals surface area contributed by atoms with Crippen LogP contribution in [-0.4, -0.2) is 22.4 Å². The Hall–Kier alpha value is -1.03. The third kappa shape index (κ3) is 1.21. The van der Waals surface area contributed by atoms with E-state index in [1.54, 1.807) is 12.1 Å². The van der Waals surface area contributed by atoms with Gasteiger partial charge in [-0.1, -0.05) is 6.07 Å². The lowest BCUT2D eigenvalue weighted by atomic mass is 9.92. The van der Waals surface area contributed by atoms with Gasteiger partial charge in [-0.3, -0.25) is 4.98 Å². The number of aliphatic hydroxyl groups is 1. The minimum atomic E-state index is -2.06. The average molecular weight is 199 g/mol. The summed E-state index contributed by atoms with van der Waals surface area (Å²) in [4.78, 5) is 3.80. The Balaban J connectivity index is 2.38. The summed E-state index contributed by atoms with van der Waals surface area (Å²) in [7, 11) is 0. The number of hydrogen-bond donors (Lipinski definition) is 1. The quantitative estimate of drug-likeness (QED) is 0.804. The summed E-state index contributed by atoms with van der Waals surface area (Å²) in [6.45, 7) is -1.14. The van der Waals surface area contributed by atoms with Gasteiger partial charge in [0.25, 0.3) is 0 Å². The molecule has 0 bridgehead atoms. The van der Waals surface area contributed by atoms with Crippen molar-refractivity contribution in [3.63, 3.8) is 0 Å². The Morgan fingerprint density at radius 2 is 2.21 bits per heavy atom. The maximum Gasteiger partial charge on any atom is 0.168 e. The Morgan fingerprint density at radius 3 is 2.64 bits per heavy atom. The van der Waals surface area contributed by atoms with Crippen LogP contribution in [0.5, 0.6) is 0 Å². The Bertz CT molecular complexity index is 326. The van der Waals surface area contributed by atoms with Crippen molar-refractivity contribution in [2.24, 2.45) is 0 Å². The molecule has 1 heterocycles. The number of pyridine rings is 1. The lowest BCUT2D eigenvalue weighted by Gasteiger charge is -2.27. The second-order valence-electron chi connectivity index (χ2n) is 3.67. The van der Waals surface area contributed by atoms with Crippen molar-refractivity contribution in [1.82, 2.24) is 4.98 Å². The molecule has 2 rings (SSSR count). The van der Waals surface area contributed by atoms with E-state index in [1.807, 2.05) is 0 Å². The van der Waals surface area contributed by atoms with E-state index in [0.717, 1.165) is 0 Å². The highest BCUT2D eigenvalue weighted by Gasteiger charge is 2.62. The standard InChI is InChI=1S/C10H11F2NO/c11-7-10(14,9(12)4-5-9)8-3-1-2-6-13-8/h1-3,6,14H,4-5,7H2. The SMILES string of the molecule is OC(CF)(c1ccccn1)C1(F)CC1. The molecule has 1 unspecified atom stereocenters. The molecule has 1 aliphatic rings. The van der Waals surface area contributed by atoms with Gasteiger partial charge in [0.15, 0.2) is 5.60 Å². The monoisotopic (exact) mass is 199 g/mol. The molecule has 1 fully saturated rings. The van der Waals surface area contributed by atoms with E-state index in [1.165, 1.54) is 12.3 Å². The first-order valence-electron chi connectivity index (χ1n) is 4.51. The first-order chi connectivity index (χ1) is 6.62. The minimum Gasteiger partial charge on any atom is -0.377 e. The molecule has 0 spiro atoms. The number of aromatic nitrogens is 1. The molecule has 0 aromatic carbocycles. The molecule has 14 heavy (non-hydrogen) atoms. The summed E-state index contributed by atoms with van der Waals surface area (Å²) in [5, 5.41) is 9.88. The molecular weight excluding hydrogens is 188 g/mol. The molecule has 4 heteroatoms. The van der Waals surface area contributed by atoms with Gasteiger partial charge in [0.1, 0.15) is 12.3 Å². The molecule has 1 saturated carbocycles. The Morgan fingerprint density at radius 1 is 1.50 bits per heavy atom. The van der Waals surface area contributed by atoms with Gasteiger partial charge < -0.3 is 5.11 Å². The third-order valence-corrected chi connectivity index (χ3v) is 2.71. The molecule has 1 N–H and O–H groups in total. The zero-order valence-corrected chi connectivity index (χ0v) is 7.58. The van der Waals surface area contributed by atoms with Gasteiger partial charge in [0.05, 0.1) is 5.69 Å². The number of halogens is 2. The molecular formula is C10H11F2NO. The van der Waals surface area contributed by atoms with Crippen LogP contribution in [0.25, 0.3) is 0 Å². The number of nitrogens with zero attached hydrogens (tertiary/aromatic N) is 1. The van der Waals surface area contributed by atoms with Crippen LogP contribution in [0, 0.1) is 0 Å². The summed E-state index contributed by atoms with van der Waals surface area (Å²) < 4.78 is 26.4. The van der Waals surface area contributed by atoms with Crippen LogP contribution in [0.4, 0.5) is 8.78 Å². The molecule has 1 aromatic rings. The molecule has 0 radical (unpaired) electrons. The summed E-state index contributed by atoms with van der Waals surface area (Å²) >= 11 is 0. The number of alkyl halides is 2. The van der Waals surface area contributed by atoms with Crippen LogP contribution in [0.2, 0.25) is 0 Å². The van der Waals surface area contributed by atoms with Crippen molar-refractivity contribution in [3.8, 4) is 0 Å². The first kappa shape index (κ1) is 9.52. The number of hydrogen-bond acceptors (Lipinski definition) is 2. The second kappa shape index (κ2) is 2.98. The Kier molecular flexibility index (Phi) is 2.03. The minimum absolute atomic E-state index is 0.0718. The average Bonchev–Trinajstić information content (AvgIpc) is 2.98. The van der Waals surface area contributed by atoms with Crippen molar-refractivity contribution in [3.05, 3.63) is 30.1 Å². The van der Waals surface area contributed by atoms with Crippen LogP contribution in [0.15, 0.2) is 24.4 Å². The lowest BCUT2D eigenvalue weighted by Crippen LogP contribution is -2.41. The predicted molar refractivity (Wildman–Crippen MR) is 47.2 cm³/mol. The van der Waals surface area contributed by atoms with E-state index >= 15 is 0 Å². The normalized spacial score (nSPS) is 22.8. The van der Waals surface area contributed by atoms with Crippen molar-refractivity contribution in [2.45, 2.75) is 24.1 Å². The van der Waals surface area contributed by atoms with Crippen LogP contribution in [0.1, 0.15) is 18.5 Å². The Labute approximate surface area is 80.6 Å². The fourth-order valence-corrected chi connectivity index (χ4v) is 1.55. The summed E-state index contributed by atoms with van der Waals surface area (Å²) in [5.74, 6) is 0. The molecule has 76 valence electrons. The van der Waals surface area contributed by atoms with Crippen LogP contribution in [-0.2, 0) is 5.60 Å². The first-order valence-corrected chi connectivity index (χ1v) is 4.51. The molecule has 1 atom stereocenters. The van der Waals surface area contributed by atoms with E-state index in [0.29, 0.717) is 0 Å². The highest BCUT2D eigenvalue weighted by molar-refractivity contribution is 5.23. The second-order valence-corrected chi connectivity index (χ2v) is 3.67.